The Morgan fingerprint density at radius 3 is 2.55 bits per heavy atom. The number of piperidine rings is 1. The van der Waals surface area contributed by atoms with Crippen molar-refractivity contribution in [2.45, 2.75) is 51.2 Å². The van der Waals surface area contributed by atoms with Crippen LogP contribution >= 0.6 is 0 Å². The van der Waals surface area contributed by atoms with Crippen LogP contribution in [0.15, 0.2) is 54.7 Å². The van der Waals surface area contributed by atoms with Crippen LogP contribution in [0.1, 0.15) is 55.0 Å². The van der Waals surface area contributed by atoms with Crippen LogP contribution in [0.25, 0.3) is 10.9 Å². The zero-order chi connectivity index (χ0) is 27.8. The molecule has 0 amide bonds. The Kier molecular flexibility index (Phi) is 10.0. The Morgan fingerprint density at radius 1 is 1.05 bits per heavy atom. The van der Waals surface area contributed by atoms with Gasteiger partial charge in [-0.1, -0.05) is 30.3 Å². The summed E-state index contributed by atoms with van der Waals surface area (Å²) in [5.74, 6) is 0.706. The maximum Gasteiger partial charge on any atom is 0.126 e. The average Bonchev–Trinajstić information content (AvgIpc) is 3.01. The van der Waals surface area contributed by atoms with Crippen molar-refractivity contribution in [3.05, 3.63) is 71.4 Å². The number of likely N-dealkylation sites (tertiary alicyclic amines) is 1. The monoisotopic (exact) mass is 549 g/mol. The molecule has 216 valence electrons. The number of aromatic nitrogens is 1. The minimum atomic E-state index is -1.14. The fourth-order valence-electron chi connectivity index (χ4n) is 6.32. The summed E-state index contributed by atoms with van der Waals surface area (Å²) in [4.78, 5) is 9.49. The highest BCUT2D eigenvalue weighted by molar-refractivity contribution is 5.85. The lowest BCUT2D eigenvalue weighted by Crippen LogP contribution is -2.42. The van der Waals surface area contributed by atoms with E-state index < -0.39 is 6.17 Å². The van der Waals surface area contributed by atoms with Crippen molar-refractivity contribution in [2.75, 3.05) is 59.7 Å². The highest BCUT2D eigenvalue weighted by Gasteiger charge is 2.35. The van der Waals surface area contributed by atoms with Gasteiger partial charge in [0.1, 0.15) is 11.9 Å². The molecule has 1 N–H and O–H groups in total. The van der Waals surface area contributed by atoms with E-state index in [9.17, 15) is 5.11 Å². The molecule has 7 heteroatoms. The van der Waals surface area contributed by atoms with Crippen LogP contribution in [0.5, 0.6) is 5.75 Å². The Balaban J connectivity index is 1.24. The third kappa shape index (κ3) is 7.19. The first-order chi connectivity index (χ1) is 19.6. The van der Waals surface area contributed by atoms with Crippen LogP contribution < -0.4 is 4.74 Å². The summed E-state index contributed by atoms with van der Waals surface area (Å²) in [7, 11) is 1.64. The lowest BCUT2D eigenvalue weighted by Gasteiger charge is -2.41. The van der Waals surface area contributed by atoms with Gasteiger partial charge in [0.25, 0.3) is 0 Å². The number of hydrogen-bond donors (Lipinski definition) is 1. The molecule has 2 aliphatic heterocycles. The second kappa shape index (κ2) is 13.9. The minimum Gasteiger partial charge on any atom is -0.497 e. The number of morpholine rings is 1. The van der Waals surface area contributed by atoms with Crippen LogP contribution in [-0.2, 0) is 17.7 Å². The Bertz CT molecular complexity index is 1210. The number of aryl methyl sites for hydroxylation is 1. The van der Waals surface area contributed by atoms with E-state index in [0.717, 1.165) is 80.4 Å². The van der Waals surface area contributed by atoms with Crippen molar-refractivity contribution in [1.82, 2.24) is 14.8 Å². The molecule has 2 aliphatic rings. The van der Waals surface area contributed by atoms with Crippen molar-refractivity contribution in [2.24, 2.45) is 5.41 Å². The lowest BCUT2D eigenvalue weighted by atomic mass is 9.74. The summed E-state index contributed by atoms with van der Waals surface area (Å²) in [5.41, 5.74) is 3.60. The topological polar surface area (TPSA) is 58.1 Å². The summed E-state index contributed by atoms with van der Waals surface area (Å²) in [5, 5.41) is 11.3. The zero-order valence-corrected chi connectivity index (χ0v) is 23.9. The van der Waals surface area contributed by atoms with E-state index in [1.165, 1.54) is 5.56 Å². The molecule has 0 radical (unpaired) electrons. The number of aliphatic hydroxyl groups is 1. The summed E-state index contributed by atoms with van der Waals surface area (Å²) in [6.45, 7) is 6.83. The van der Waals surface area contributed by atoms with Gasteiger partial charge < -0.3 is 19.5 Å². The standard InChI is InChI=1S/C33H44FN3O3/c1-39-28-9-10-31-29(22-28)32(27(23-35-31)24-37-18-20-40-21-19-37)30(34)11-12-33(25-38)13-16-36(17-14-33)15-5-8-26-6-3-2-4-7-26/h2-4,6-7,9-10,22-23,30,38H,5,8,11-21,24-25H2,1H3/t30-/m0/s1. The molecule has 3 aromatic rings. The number of aliphatic hydroxyl groups excluding tert-OH is 1. The largest absolute Gasteiger partial charge is 0.497 e. The van der Waals surface area contributed by atoms with Crippen LogP contribution in [-0.4, -0.2) is 79.5 Å². The van der Waals surface area contributed by atoms with Crippen molar-refractivity contribution in [1.29, 1.82) is 0 Å². The molecule has 0 unspecified atom stereocenters. The summed E-state index contributed by atoms with van der Waals surface area (Å²) >= 11 is 0. The number of fused-ring (bicyclic) bond motifs is 1. The second-order valence-corrected chi connectivity index (χ2v) is 11.6. The number of rotatable bonds is 12. The van der Waals surface area contributed by atoms with E-state index >= 15 is 4.39 Å². The zero-order valence-electron chi connectivity index (χ0n) is 23.9. The molecule has 0 aliphatic carbocycles. The molecule has 6 nitrogen and oxygen atoms in total. The van der Waals surface area contributed by atoms with Crippen molar-refractivity contribution in [3.8, 4) is 5.75 Å². The van der Waals surface area contributed by atoms with Gasteiger partial charge in [-0.2, -0.15) is 0 Å². The summed E-state index contributed by atoms with van der Waals surface area (Å²) in [6, 6.07) is 16.3. The Labute approximate surface area is 238 Å². The molecule has 0 spiro atoms. The quantitative estimate of drug-likeness (QED) is 0.319. The van der Waals surface area contributed by atoms with Gasteiger partial charge in [0, 0.05) is 43.4 Å². The van der Waals surface area contributed by atoms with Gasteiger partial charge in [0.15, 0.2) is 0 Å². The highest BCUT2D eigenvalue weighted by Crippen LogP contribution is 2.41. The van der Waals surface area contributed by atoms with Crippen LogP contribution in [0, 0.1) is 5.41 Å². The molecule has 2 saturated heterocycles. The number of hydrogen-bond acceptors (Lipinski definition) is 6. The summed E-state index contributed by atoms with van der Waals surface area (Å²) < 4.78 is 27.4. The third-order valence-corrected chi connectivity index (χ3v) is 8.97. The first kappa shape index (κ1) is 28.9. The first-order valence-electron chi connectivity index (χ1n) is 14.9. The maximum atomic E-state index is 16.4. The van der Waals surface area contributed by atoms with Crippen molar-refractivity contribution >= 4 is 10.9 Å². The Hall–Kier alpha value is -2.58. The van der Waals surface area contributed by atoms with E-state index in [1.54, 1.807) is 7.11 Å². The van der Waals surface area contributed by atoms with Gasteiger partial charge in [-0.25, -0.2) is 4.39 Å². The molecule has 2 fully saturated rings. The minimum absolute atomic E-state index is 0.114. The van der Waals surface area contributed by atoms with Gasteiger partial charge >= 0.3 is 0 Å². The highest BCUT2D eigenvalue weighted by atomic mass is 19.1. The number of ether oxygens (including phenoxy) is 2. The molecule has 5 rings (SSSR count). The van der Waals surface area contributed by atoms with Crippen LogP contribution in [0.4, 0.5) is 4.39 Å². The average molecular weight is 550 g/mol. The van der Waals surface area contributed by atoms with Gasteiger partial charge in [-0.15, -0.1) is 0 Å². The number of halogens is 1. The van der Waals surface area contributed by atoms with Crippen LogP contribution in [0.3, 0.4) is 0 Å². The van der Waals surface area contributed by atoms with E-state index in [0.29, 0.717) is 38.3 Å². The smallest absolute Gasteiger partial charge is 0.126 e. The SMILES string of the molecule is COc1ccc2ncc(CN3CCOCC3)c([C@@H](F)CCC3(CO)CCN(CCCc4ccccc4)CC3)c2c1. The molecular weight excluding hydrogens is 505 g/mol. The maximum absolute atomic E-state index is 16.4. The molecular formula is C33H44FN3O3. The van der Waals surface area contributed by atoms with Crippen molar-refractivity contribution < 1.29 is 19.0 Å². The molecule has 1 aromatic heterocycles. The Morgan fingerprint density at radius 2 is 1.82 bits per heavy atom. The molecule has 2 aromatic carbocycles. The molecule has 0 bridgehead atoms. The van der Waals surface area contributed by atoms with Gasteiger partial charge in [0.05, 0.1) is 25.8 Å². The van der Waals surface area contributed by atoms with Gasteiger partial charge in [0.2, 0.25) is 0 Å². The second-order valence-electron chi connectivity index (χ2n) is 11.6. The lowest BCUT2D eigenvalue weighted by molar-refractivity contribution is 0.0293. The predicted molar refractivity (Wildman–Crippen MR) is 157 cm³/mol. The fraction of sp³-hybridized carbons (Fsp3) is 0.545. The molecule has 3 heterocycles. The third-order valence-electron chi connectivity index (χ3n) is 8.97. The number of benzene rings is 2. The normalized spacial score (nSPS) is 19.1. The summed E-state index contributed by atoms with van der Waals surface area (Å²) in [6.07, 6.45) is 5.81. The molecule has 0 saturated carbocycles. The number of nitrogens with zero attached hydrogens (tertiary/aromatic N) is 3. The number of alkyl halides is 1. The van der Waals surface area contributed by atoms with E-state index in [-0.39, 0.29) is 12.0 Å². The molecule has 40 heavy (non-hydrogen) atoms. The van der Waals surface area contributed by atoms with Gasteiger partial charge in [-0.3, -0.25) is 9.88 Å². The van der Waals surface area contributed by atoms with E-state index in [2.05, 4.69) is 45.1 Å². The first-order valence-corrected chi connectivity index (χ1v) is 14.9. The fourth-order valence-corrected chi connectivity index (χ4v) is 6.32. The number of methoxy groups -OCH3 is 1. The van der Waals surface area contributed by atoms with Gasteiger partial charge in [-0.05, 0) is 92.9 Å². The van der Waals surface area contributed by atoms with Crippen LogP contribution in [0.2, 0.25) is 0 Å². The van der Waals surface area contributed by atoms with E-state index in [1.807, 2.05) is 24.4 Å². The predicted octanol–water partition coefficient (Wildman–Crippen LogP) is 5.57. The van der Waals surface area contributed by atoms with Crippen molar-refractivity contribution in [3.63, 3.8) is 0 Å². The number of pyridine rings is 1. The van der Waals surface area contributed by atoms with E-state index in [4.69, 9.17) is 9.47 Å². The molecule has 1 atom stereocenters.